The van der Waals surface area contributed by atoms with Crippen molar-refractivity contribution in [2.75, 3.05) is 6.54 Å². The van der Waals surface area contributed by atoms with Crippen LogP contribution in [0.2, 0.25) is 5.02 Å². The highest BCUT2D eigenvalue weighted by atomic mass is 35.5. The number of hydrogen-bond donors (Lipinski definition) is 1. The fraction of sp³-hybridized carbons (Fsp3) is 0.241. The number of benzene rings is 3. The summed E-state index contributed by atoms with van der Waals surface area (Å²) in [6, 6.07) is 23.7. The van der Waals surface area contributed by atoms with Crippen molar-refractivity contribution < 1.29 is 14.7 Å². The maximum atomic E-state index is 13.2. The van der Waals surface area contributed by atoms with Gasteiger partial charge in [0.05, 0.1) is 11.6 Å². The second-order valence-corrected chi connectivity index (χ2v) is 10.0. The summed E-state index contributed by atoms with van der Waals surface area (Å²) in [5.74, 6) is -1.47. The predicted octanol–water partition coefficient (Wildman–Crippen LogP) is 6.30. The number of ketones is 1. The second-order valence-electron chi connectivity index (χ2n) is 9.61. The highest BCUT2D eigenvalue weighted by molar-refractivity contribution is 6.46. The molecular formula is C29H28ClNO3. The third-order valence-corrected chi connectivity index (χ3v) is 6.49. The molecule has 1 aliphatic rings. The molecule has 1 saturated heterocycles. The number of Topliss-reactive ketones (excluding diaryl/α,β-unsaturated/α-hetero) is 1. The number of aliphatic hydroxyl groups is 1. The SMILES string of the molecule is CC(C)(C)c1ccc(C2/C(=C(\O)c3ccc(Cl)cc3)C(=O)C(=O)N2CCc2ccccc2)cc1. The lowest BCUT2D eigenvalue weighted by molar-refractivity contribution is -0.139. The van der Waals surface area contributed by atoms with Gasteiger partial charge in [0, 0.05) is 17.1 Å². The van der Waals surface area contributed by atoms with E-state index in [9.17, 15) is 14.7 Å². The van der Waals surface area contributed by atoms with Crippen LogP contribution >= 0.6 is 11.6 Å². The largest absolute Gasteiger partial charge is 0.507 e. The molecule has 0 aromatic heterocycles. The first kappa shape index (κ1) is 23.8. The molecular weight excluding hydrogens is 446 g/mol. The van der Waals surface area contributed by atoms with Crippen molar-refractivity contribution in [1.29, 1.82) is 0 Å². The zero-order valence-corrected chi connectivity index (χ0v) is 20.3. The monoisotopic (exact) mass is 473 g/mol. The van der Waals surface area contributed by atoms with E-state index in [2.05, 4.69) is 20.8 Å². The van der Waals surface area contributed by atoms with Crippen LogP contribution in [-0.2, 0) is 21.4 Å². The van der Waals surface area contributed by atoms with Gasteiger partial charge in [-0.3, -0.25) is 9.59 Å². The molecule has 5 heteroatoms. The molecule has 1 heterocycles. The molecule has 1 unspecified atom stereocenters. The quantitative estimate of drug-likeness (QED) is 0.268. The Morgan fingerprint density at radius 1 is 0.912 bits per heavy atom. The number of rotatable bonds is 5. The molecule has 0 aliphatic carbocycles. The van der Waals surface area contributed by atoms with Crippen LogP contribution in [0.5, 0.6) is 0 Å². The molecule has 4 rings (SSSR count). The molecule has 0 radical (unpaired) electrons. The van der Waals surface area contributed by atoms with E-state index in [0.717, 1.165) is 16.7 Å². The van der Waals surface area contributed by atoms with Crippen molar-refractivity contribution in [2.45, 2.75) is 38.6 Å². The standard InChI is InChI=1S/C29H28ClNO3/c1-29(2,3)22-13-9-20(10-14-22)25-24(26(32)21-11-15-23(30)16-12-21)27(33)28(34)31(25)18-17-19-7-5-4-6-8-19/h4-16,25,32H,17-18H2,1-3H3/b26-24+. The number of likely N-dealkylation sites (tertiary alicyclic amines) is 1. The minimum absolute atomic E-state index is 0.0308. The minimum atomic E-state index is -0.676. The normalized spacial score (nSPS) is 17.9. The summed E-state index contributed by atoms with van der Waals surface area (Å²) in [7, 11) is 0. The molecule has 3 aromatic carbocycles. The van der Waals surface area contributed by atoms with E-state index >= 15 is 0 Å². The van der Waals surface area contributed by atoms with E-state index in [-0.39, 0.29) is 16.7 Å². The van der Waals surface area contributed by atoms with Gasteiger partial charge in [0.1, 0.15) is 5.76 Å². The van der Waals surface area contributed by atoms with Crippen molar-refractivity contribution in [3.8, 4) is 0 Å². The van der Waals surface area contributed by atoms with Crippen LogP contribution in [0.3, 0.4) is 0 Å². The number of carbonyl (C=O) groups excluding carboxylic acids is 2. The molecule has 1 fully saturated rings. The number of amides is 1. The van der Waals surface area contributed by atoms with Crippen LogP contribution in [0, 0.1) is 0 Å². The Kier molecular flexibility index (Phi) is 6.63. The van der Waals surface area contributed by atoms with E-state index < -0.39 is 17.7 Å². The number of halogens is 1. The molecule has 0 bridgehead atoms. The van der Waals surface area contributed by atoms with Gasteiger partial charge in [-0.2, -0.15) is 0 Å². The van der Waals surface area contributed by atoms with Gasteiger partial charge >= 0.3 is 0 Å². The summed E-state index contributed by atoms with van der Waals surface area (Å²) >= 11 is 6.00. The first-order chi connectivity index (χ1) is 16.2. The van der Waals surface area contributed by atoms with Gasteiger partial charge in [0.25, 0.3) is 11.7 Å². The van der Waals surface area contributed by atoms with Crippen molar-refractivity contribution in [1.82, 2.24) is 4.90 Å². The Morgan fingerprint density at radius 2 is 1.53 bits per heavy atom. The third-order valence-electron chi connectivity index (χ3n) is 6.23. The molecule has 1 aliphatic heterocycles. The molecule has 34 heavy (non-hydrogen) atoms. The molecule has 1 atom stereocenters. The predicted molar refractivity (Wildman–Crippen MR) is 136 cm³/mol. The van der Waals surface area contributed by atoms with E-state index in [1.165, 1.54) is 0 Å². The lowest BCUT2D eigenvalue weighted by Gasteiger charge is -2.26. The summed E-state index contributed by atoms with van der Waals surface area (Å²) in [6.07, 6.45) is 0.603. The number of nitrogens with zero attached hydrogens (tertiary/aromatic N) is 1. The smallest absolute Gasteiger partial charge is 0.295 e. The molecule has 0 spiro atoms. The van der Waals surface area contributed by atoms with Crippen LogP contribution < -0.4 is 0 Å². The van der Waals surface area contributed by atoms with Gasteiger partial charge in [0.2, 0.25) is 0 Å². The number of carbonyl (C=O) groups is 2. The van der Waals surface area contributed by atoms with Gasteiger partial charge in [0.15, 0.2) is 0 Å². The van der Waals surface area contributed by atoms with E-state index in [4.69, 9.17) is 11.6 Å². The lowest BCUT2D eigenvalue weighted by atomic mass is 9.85. The molecule has 4 nitrogen and oxygen atoms in total. The zero-order chi connectivity index (χ0) is 24.5. The van der Waals surface area contributed by atoms with Crippen LogP contribution in [0.4, 0.5) is 0 Å². The van der Waals surface area contributed by atoms with Crippen LogP contribution in [0.1, 0.15) is 49.1 Å². The third kappa shape index (κ3) is 4.78. The number of hydrogen-bond acceptors (Lipinski definition) is 3. The van der Waals surface area contributed by atoms with Crippen molar-refractivity contribution >= 4 is 29.1 Å². The molecule has 1 N–H and O–H groups in total. The Morgan fingerprint density at radius 3 is 2.12 bits per heavy atom. The van der Waals surface area contributed by atoms with E-state index in [1.807, 2.05) is 54.6 Å². The summed E-state index contributed by atoms with van der Waals surface area (Å²) < 4.78 is 0. The van der Waals surface area contributed by atoms with Crippen molar-refractivity contribution in [3.63, 3.8) is 0 Å². The average Bonchev–Trinajstić information content (AvgIpc) is 3.08. The Balaban J connectivity index is 1.79. The van der Waals surface area contributed by atoms with Gasteiger partial charge < -0.3 is 10.0 Å². The highest BCUT2D eigenvalue weighted by Gasteiger charge is 2.45. The summed E-state index contributed by atoms with van der Waals surface area (Å²) in [5.41, 5.74) is 3.53. The maximum Gasteiger partial charge on any atom is 0.295 e. The van der Waals surface area contributed by atoms with Gasteiger partial charge in [-0.25, -0.2) is 0 Å². The van der Waals surface area contributed by atoms with Crippen molar-refractivity contribution in [2.24, 2.45) is 0 Å². The Hall–Kier alpha value is -3.37. The molecule has 3 aromatic rings. The Labute approximate surface area is 205 Å². The summed E-state index contributed by atoms with van der Waals surface area (Å²) in [6.45, 7) is 6.76. The van der Waals surface area contributed by atoms with Crippen LogP contribution in [0.25, 0.3) is 5.76 Å². The van der Waals surface area contributed by atoms with Gasteiger partial charge in [-0.15, -0.1) is 0 Å². The second kappa shape index (κ2) is 9.47. The molecule has 0 saturated carbocycles. The molecule has 174 valence electrons. The summed E-state index contributed by atoms with van der Waals surface area (Å²) in [5, 5.41) is 11.7. The Bertz CT molecular complexity index is 1220. The topological polar surface area (TPSA) is 57.6 Å². The van der Waals surface area contributed by atoms with E-state index in [0.29, 0.717) is 23.6 Å². The fourth-order valence-corrected chi connectivity index (χ4v) is 4.41. The minimum Gasteiger partial charge on any atom is -0.507 e. The number of aliphatic hydroxyl groups excluding tert-OH is 1. The zero-order valence-electron chi connectivity index (χ0n) is 19.6. The summed E-state index contributed by atoms with van der Waals surface area (Å²) in [4.78, 5) is 27.9. The van der Waals surface area contributed by atoms with Gasteiger partial charge in [-0.05, 0) is 52.8 Å². The van der Waals surface area contributed by atoms with Crippen molar-refractivity contribution in [3.05, 3.63) is 112 Å². The van der Waals surface area contributed by atoms with Crippen LogP contribution in [0.15, 0.2) is 84.4 Å². The first-order valence-electron chi connectivity index (χ1n) is 11.4. The van der Waals surface area contributed by atoms with Crippen LogP contribution in [-0.4, -0.2) is 28.2 Å². The lowest BCUT2D eigenvalue weighted by Crippen LogP contribution is -2.31. The highest BCUT2D eigenvalue weighted by Crippen LogP contribution is 2.40. The maximum absolute atomic E-state index is 13.2. The average molecular weight is 474 g/mol. The fourth-order valence-electron chi connectivity index (χ4n) is 4.28. The molecule has 1 amide bonds. The first-order valence-corrected chi connectivity index (χ1v) is 11.7. The van der Waals surface area contributed by atoms with Gasteiger partial charge in [-0.1, -0.05) is 87.0 Å². The van der Waals surface area contributed by atoms with E-state index in [1.54, 1.807) is 29.2 Å².